The van der Waals surface area contributed by atoms with Gasteiger partial charge in [0.05, 0.1) is 12.6 Å². The van der Waals surface area contributed by atoms with Gasteiger partial charge in [-0.05, 0) is 32.3 Å². The van der Waals surface area contributed by atoms with Crippen molar-refractivity contribution in [1.29, 1.82) is 0 Å². The molecule has 5 nitrogen and oxygen atoms in total. The van der Waals surface area contributed by atoms with Crippen molar-refractivity contribution in [2.24, 2.45) is 0 Å². The van der Waals surface area contributed by atoms with E-state index in [4.69, 9.17) is 4.74 Å². The first-order valence-corrected chi connectivity index (χ1v) is 7.42. The van der Waals surface area contributed by atoms with Gasteiger partial charge in [-0.15, -0.1) is 0 Å². The molecular weight excluding hydrogens is 268 g/mol. The lowest BCUT2D eigenvalue weighted by Crippen LogP contribution is -2.47. The van der Waals surface area contributed by atoms with Crippen LogP contribution in [-0.2, 0) is 9.53 Å². The Kier molecular flexibility index (Phi) is 5.20. The molecule has 0 saturated carbocycles. The van der Waals surface area contributed by atoms with Gasteiger partial charge < -0.3 is 15.0 Å². The molecule has 1 aromatic carbocycles. The molecule has 0 spiro atoms. The minimum absolute atomic E-state index is 0.0952. The molecular formula is C16H22N2O3. The zero-order chi connectivity index (χ0) is 15.2. The fourth-order valence-corrected chi connectivity index (χ4v) is 2.59. The van der Waals surface area contributed by atoms with E-state index in [1.54, 1.807) is 11.8 Å². The minimum atomic E-state index is -0.451. The van der Waals surface area contributed by atoms with Gasteiger partial charge >= 0.3 is 12.0 Å². The summed E-state index contributed by atoms with van der Waals surface area (Å²) in [6.45, 7) is 4.64. The van der Waals surface area contributed by atoms with Gasteiger partial charge in [0.25, 0.3) is 0 Å². The number of urea groups is 1. The smallest absolute Gasteiger partial charge is 0.328 e. The first kappa shape index (κ1) is 15.4. The van der Waals surface area contributed by atoms with Crippen LogP contribution in [0, 0.1) is 0 Å². The Bertz CT molecular complexity index is 490. The van der Waals surface area contributed by atoms with Gasteiger partial charge in [0.2, 0.25) is 0 Å². The normalized spacial score (nSPS) is 19.1. The summed E-state index contributed by atoms with van der Waals surface area (Å²) in [6.07, 6.45) is 1.50. The van der Waals surface area contributed by atoms with Gasteiger partial charge in [0, 0.05) is 6.54 Å². The Hall–Kier alpha value is -2.04. The molecule has 1 fully saturated rings. The molecule has 0 bridgehead atoms. The monoisotopic (exact) mass is 290 g/mol. The van der Waals surface area contributed by atoms with Gasteiger partial charge in [0.1, 0.15) is 6.04 Å². The van der Waals surface area contributed by atoms with Crippen molar-refractivity contribution in [3.63, 3.8) is 0 Å². The summed E-state index contributed by atoms with van der Waals surface area (Å²) in [4.78, 5) is 25.8. The lowest BCUT2D eigenvalue weighted by molar-refractivity contribution is -0.147. The number of benzene rings is 1. The van der Waals surface area contributed by atoms with Crippen molar-refractivity contribution in [2.75, 3.05) is 13.2 Å². The topological polar surface area (TPSA) is 58.6 Å². The van der Waals surface area contributed by atoms with Crippen molar-refractivity contribution in [3.8, 4) is 0 Å². The minimum Gasteiger partial charge on any atom is -0.464 e. The maximum Gasteiger partial charge on any atom is 0.328 e. The van der Waals surface area contributed by atoms with E-state index >= 15 is 0 Å². The van der Waals surface area contributed by atoms with Crippen LogP contribution in [0.3, 0.4) is 0 Å². The van der Waals surface area contributed by atoms with Crippen molar-refractivity contribution in [2.45, 2.75) is 38.8 Å². The van der Waals surface area contributed by atoms with Gasteiger partial charge in [-0.2, -0.15) is 0 Å². The number of carbonyl (C=O) groups excluding carboxylic acids is 2. The molecule has 1 N–H and O–H groups in total. The Morgan fingerprint density at radius 1 is 1.38 bits per heavy atom. The Labute approximate surface area is 125 Å². The largest absolute Gasteiger partial charge is 0.464 e. The average Bonchev–Trinajstić information content (AvgIpc) is 2.98. The van der Waals surface area contributed by atoms with Gasteiger partial charge in [0.15, 0.2) is 0 Å². The standard InChI is InChI=1S/C16H22N2O3/c1-3-21-15(19)14-10-7-11-18(14)16(20)17-12(2)13-8-5-4-6-9-13/h4-6,8-9,12,14H,3,7,10-11H2,1-2H3,(H,17,20)/t12-,14+/m0/s1. The zero-order valence-corrected chi connectivity index (χ0v) is 12.5. The second-order valence-electron chi connectivity index (χ2n) is 5.19. The Morgan fingerprint density at radius 2 is 2.10 bits per heavy atom. The number of hydrogen-bond acceptors (Lipinski definition) is 3. The first-order chi connectivity index (χ1) is 10.1. The summed E-state index contributed by atoms with van der Waals surface area (Å²) < 4.78 is 5.04. The van der Waals surface area contributed by atoms with E-state index in [9.17, 15) is 9.59 Å². The predicted octanol–water partition coefficient (Wildman–Crippen LogP) is 2.48. The van der Waals surface area contributed by atoms with Crippen molar-refractivity contribution in [3.05, 3.63) is 35.9 Å². The number of hydrogen-bond donors (Lipinski definition) is 1. The lowest BCUT2D eigenvalue weighted by atomic mass is 10.1. The summed E-state index contributed by atoms with van der Waals surface area (Å²) >= 11 is 0. The van der Waals surface area contributed by atoms with Gasteiger partial charge in [-0.1, -0.05) is 30.3 Å². The molecule has 1 aromatic rings. The lowest BCUT2D eigenvalue weighted by Gasteiger charge is -2.25. The number of esters is 1. The quantitative estimate of drug-likeness (QED) is 0.867. The van der Waals surface area contributed by atoms with E-state index in [1.165, 1.54) is 0 Å². The maximum absolute atomic E-state index is 12.4. The highest BCUT2D eigenvalue weighted by Crippen LogP contribution is 2.20. The second-order valence-corrected chi connectivity index (χ2v) is 5.19. The molecule has 2 rings (SSSR count). The summed E-state index contributed by atoms with van der Waals surface area (Å²) in [6, 6.07) is 9.01. The molecule has 0 radical (unpaired) electrons. The molecule has 1 aliphatic heterocycles. The molecule has 1 aliphatic rings. The van der Waals surface area contributed by atoms with Crippen LogP contribution in [0.25, 0.3) is 0 Å². The molecule has 0 aromatic heterocycles. The first-order valence-electron chi connectivity index (χ1n) is 7.42. The highest BCUT2D eigenvalue weighted by molar-refractivity contribution is 5.84. The third kappa shape index (κ3) is 3.74. The number of likely N-dealkylation sites (tertiary alicyclic amines) is 1. The van der Waals surface area contributed by atoms with Gasteiger partial charge in [-0.3, -0.25) is 0 Å². The summed E-state index contributed by atoms with van der Waals surface area (Å²) in [5.41, 5.74) is 1.04. The second kappa shape index (κ2) is 7.11. The number of ether oxygens (including phenoxy) is 1. The van der Waals surface area contributed by atoms with Crippen LogP contribution in [0.1, 0.15) is 38.3 Å². The van der Waals surface area contributed by atoms with E-state index in [0.717, 1.165) is 12.0 Å². The molecule has 1 heterocycles. The highest BCUT2D eigenvalue weighted by Gasteiger charge is 2.35. The summed E-state index contributed by atoms with van der Waals surface area (Å²) in [5, 5.41) is 2.94. The summed E-state index contributed by atoms with van der Waals surface area (Å²) in [7, 11) is 0. The van der Waals surface area contributed by atoms with Crippen LogP contribution in [0.2, 0.25) is 0 Å². The molecule has 0 unspecified atom stereocenters. The average molecular weight is 290 g/mol. The molecule has 1 saturated heterocycles. The molecule has 114 valence electrons. The third-order valence-corrected chi connectivity index (χ3v) is 3.71. The molecule has 2 atom stereocenters. The number of carbonyl (C=O) groups is 2. The fourth-order valence-electron chi connectivity index (χ4n) is 2.59. The van der Waals surface area contributed by atoms with Crippen molar-refractivity contribution < 1.29 is 14.3 Å². The van der Waals surface area contributed by atoms with Crippen LogP contribution in [-0.4, -0.2) is 36.1 Å². The molecule has 0 aliphatic carbocycles. The van der Waals surface area contributed by atoms with E-state index in [-0.39, 0.29) is 18.0 Å². The Morgan fingerprint density at radius 3 is 2.76 bits per heavy atom. The predicted molar refractivity (Wildman–Crippen MR) is 79.7 cm³/mol. The van der Waals surface area contributed by atoms with Crippen LogP contribution < -0.4 is 5.32 Å². The molecule has 2 amide bonds. The number of rotatable bonds is 4. The molecule has 21 heavy (non-hydrogen) atoms. The maximum atomic E-state index is 12.4. The SMILES string of the molecule is CCOC(=O)[C@H]1CCCN1C(=O)N[C@@H](C)c1ccccc1. The van der Waals surface area contributed by atoms with Crippen molar-refractivity contribution >= 4 is 12.0 Å². The highest BCUT2D eigenvalue weighted by atomic mass is 16.5. The van der Waals surface area contributed by atoms with E-state index in [1.807, 2.05) is 37.3 Å². The third-order valence-electron chi connectivity index (χ3n) is 3.71. The number of nitrogens with zero attached hydrogens (tertiary/aromatic N) is 1. The fraction of sp³-hybridized carbons (Fsp3) is 0.500. The number of nitrogens with one attached hydrogen (secondary N) is 1. The van der Waals surface area contributed by atoms with E-state index < -0.39 is 6.04 Å². The zero-order valence-electron chi connectivity index (χ0n) is 12.5. The van der Waals surface area contributed by atoms with E-state index in [2.05, 4.69) is 5.32 Å². The van der Waals surface area contributed by atoms with Crippen LogP contribution in [0.4, 0.5) is 4.79 Å². The summed E-state index contributed by atoms with van der Waals surface area (Å²) in [5.74, 6) is -0.308. The van der Waals surface area contributed by atoms with Gasteiger partial charge in [-0.25, -0.2) is 9.59 Å². The Balaban J connectivity index is 1.97. The molecule has 5 heteroatoms. The van der Waals surface area contributed by atoms with Crippen molar-refractivity contribution in [1.82, 2.24) is 10.2 Å². The van der Waals surface area contributed by atoms with Crippen LogP contribution >= 0.6 is 0 Å². The van der Waals surface area contributed by atoms with Crippen LogP contribution in [0.15, 0.2) is 30.3 Å². The number of amides is 2. The van der Waals surface area contributed by atoms with E-state index in [0.29, 0.717) is 19.6 Å². The van der Waals surface area contributed by atoms with Crippen LogP contribution in [0.5, 0.6) is 0 Å².